The van der Waals surface area contributed by atoms with Crippen LogP contribution < -0.4 is 0 Å². The summed E-state index contributed by atoms with van der Waals surface area (Å²) in [5, 5.41) is 9.47. The quantitative estimate of drug-likeness (QED) is 0.185. The molecule has 1 aliphatic rings. The molecule has 0 N–H and O–H groups in total. The minimum atomic E-state index is -0.501. The Balaban J connectivity index is 2.84. The van der Waals surface area contributed by atoms with E-state index in [0.29, 0.717) is 37.5 Å². The maximum atomic E-state index is 9.47. The molecule has 1 unspecified atom stereocenters. The van der Waals surface area contributed by atoms with E-state index in [1.54, 1.807) is 0 Å². The predicted octanol–water partition coefficient (Wildman–Crippen LogP) is 6.84. The van der Waals surface area contributed by atoms with Gasteiger partial charge in [-0.25, -0.2) is 0 Å². The monoisotopic (exact) mass is 421 g/mol. The number of alkyl halides is 1. The highest BCUT2D eigenvalue weighted by Gasteiger charge is 2.41. The normalized spacial score (nSPS) is 24.0. The molecular formula is C25H40ClNO2. The number of halogens is 1. The van der Waals surface area contributed by atoms with Crippen LogP contribution in [-0.4, -0.2) is 31.8 Å². The van der Waals surface area contributed by atoms with E-state index in [9.17, 15) is 5.26 Å². The molecule has 29 heavy (non-hydrogen) atoms. The van der Waals surface area contributed by atoms with Crippen LogP contribution in [0.4, 0.5) is 0 Å². The molecule has 0 heterocycles. The number of allylic oxidation sites excluding steroid dienone is 5. The van der Waals surface area contributed by atoms with E-state index in [2.05, 4.69) is 52.0 Å². The van der Waals surface area contributed by atoms with Crippen LogP contribution in [0, 0.1) is 28.6 Å². The van der Waals surface area contributed by atoms with E-state index in [1.165, 1.54) is 11.1 Å². The first-order valence-corrected chi connectivity index (χ1v) is 11.5. The molecule has 1 rings (SSSR count). The van der Waals surface area contributed by atoms with Crippen molar-refractivity contribution in [2.24, 2.45) is 17.3 Å². The standard InChI is InChI=1S/C25H40ClNO2/c1-7-28-16-17-29-24(18-27)21(5)8-9-22-10-11-23(19(2)3)25(22,6)14-12-20(4)13-15-26/h8,10,13,19,23-24H,7,9,11-12,14-17H2,1-6H3/b20-13+,21-8+/t23-,24?,25+/m0/s1. The van der Waals surface area contributed by atoms with Gasteiger partial charge in [0.2, 0.25) is 0 Å². The summed E-state index contributed by atoms with van der Waals surface area (Å²) in [5.74, 6) is 1.88. The van der Waals surface area contributed by atoms with E-state index in [-0.39, 0.29) is 5.41 Å². The van der Waals surface area contributed by atoms with Crippen molar-refractivity contribution in [3.05, 3.63) is 34.9 Å². The number of rotatable bonds is 13. The van der Waals surface area contributed by atoms with Crippen LogP contribution in [0.1, 0.15) is 67.2 Å². The van der Waals surface area contributed by atoms with Crippen LogP contribution in [0.15, 0.2) is 34.9 Å². The Hall–Kier alpha value is -1.08. The van der Waals surface area contributed by atoms with Gasteiger partial charge in [-0.1, -0.05) is 50.1 Å². The van der Waals surface area contributed by atoms with Gasteiger partial charge in [0.05, 0.1) is 19.3 Å². The first-order valence-electron chi connectivity index (χ1n) is 11.0. The molecule has 0 fully saturated rings. The summed E-state index contributed by atoms with van der Waals surface area (Å²) in [6, 6.07) is 2.27. The van der Waals surface area contributed by atoms with Gasteiger partial charge in [-0.15, -0.1) is 11.6 Å². The molecule has 0 saturated carbocycles. The zero-order valence-electron chi connectivity index (χ0n) is 19.3. The van der Waals surface area contributed by atoms with Gasteiger partial charge < -0.3 is 9.47 Å². The second kappa shape index (κ2) is 13.3. The highest BCUT2D eigenvalue weighted by molar-refractivity contribution is 6.18. The largest absolute Gasteiger partial charge is 0.379 e. The van der Waals surface area contributed by atoms with Crippen LogP contribution in [0.5, 0.6) is 0 Å². The predicted molar refractivity (Wildman–Crippen MR) is 123 cm³/mol. The fourth-order valence-electron chi connectivity index (χ4n) is 4.38. The summed E-state index contributed by atoms with van der Waals surface area (Å²) in [6.45, 7) is 14.9. The third kappa shape index (κ3) is 7.93. The van der Waals surface area contributed by atoms with Crippen LogP contribution >= 0.6 is 11.6 Å². The van der Waals surface area contributed by atoms with Crippen LogP contribution in [0.2, 0.25) is 0 Å². The van der Waals surface area contributed by atoms with E-state index in [0.717, 1.165) is 31.3 Å². The molecular weight excluding hydrogens is 382 g/mol. The van der Waals surface area contributed by atoms with Crippen LogP contribution in [-0.2, 0) is 9.47 Å². The lowest BCUT2D eigenvalue weighted by atomic mass is 9.67. The zero-order chi connectivity index (χ0) is 21.9. The molecule has 0 aromatic carbocycles. The molecule has 1 aliphatic carbocycles. The van der Waals surface area contributed by atoms with Crippen molar-refractivity contribution >= 4 is 11.6 Å². The van der Waals surface area contributed by atoms with Crippen LogP contribution in [0.25, 0.3) is 0 Å². The first-order chi connectivity index (χ1) is 13.8. The summed E-state index contributed by atoms with van der Waals surface area (Å²) in [6.07, 6.45) is 10.5. The molecule has 0 aliphatic heterocycles. The average molecular weight is 422 g/mol. The smallest absolute Gasteiger partial charge is 0.164 e. The number of ether oxygens (including phenoxy) is 2. The molecule has 0 bridgehead atoms. The number of hydrogen-bond donors (Lipinski definition) is 0. The summed E-state index contributed by atoms with van der Waals surface area (Å²) < 4.78 is 11.0. The van der Waals surface area contributed by atoms with Crippen molar-refractivity contribution in [3.8, 4) is 6.07 Å². The molecule has 0 radical (unpaired) electrons. The molecule has 0 aromatic rings. The number of nitriles is 1. The second-order valence-corrected chi connectivity index (χ2v) is 8.98. The van der Waals surface area contributed by atoms with Gasteiger partial charge in [0.15, 0.2) is 6.10 Å². The third-order valence-electron chi connectivity index (χ3n) is 6.33. The summed E-state index contributed by atoms with van der Waals surface area (Å²) in [7, 11) is 0. The molecule has 0 aromatic heterocycles. The summed E-state index contributed by atoms with van der Waals surface area (Å²) in [5.41, 5.74) is 4.04. The highest BCUT2D eigenvalue weighted by Crippen LogP contribution is 2.52. The van der Waals surface area contributed by atoms with Gasteiger partial charge in [0.1, 0.15) is 0 Å². The van der Waals surface area contributed by atoms with Gasteiger partial charge in [0.25, 0.3) is 0 Å². The highest BCUT2D eigenvalue weighted by atomic mass is 35.5. The van der Waals surface area contributed by atoms with E-state index in [1.807, 2.05) is 13.8 Å². The Labute approximate surface area is 183 Å². The summed E-state index contributed by atoms with van der Waals surface area (Å²) >= 11 is 5.87. The fourth-order valence-corrected chi connectivity index (χ4v) is 4.64. The lowest BCUT2D eigenvalue weighted by Crippen LogP contribution is -2.29. The lowest BCUT2D eigenvalue weighted by molar-refractivity contribution is 0.0415. The molecule has 0 spiro atoms. The first kappa shape index (κ1) is 26.0. The number of hydrogen-bond acceptors (Lipinski definition) is 3. The Morgan fingerprint density at radius 1 is 1.34 bits per heavy atom. The lowest BCUT2D eigenvalue weighted by Gasteiger charge is -2.38. The summed E-state index contributed by atoms with van der Waals surface area (Å²) in [4.78, 5) is 0. The molecule has 4 heteroatoms. The Kier molecular flexibility index (Phi) is 11.9. The van der Waals surface area contributed by atoms with Crippen LogP contribution in [0.3, 0.4) is 0 Å². The van der Waals surface area contributed by atoms with Gasteiger partial charge in [-0.3, -0.25) is 0 Å². The maximum absolute atomic E-state index is 9.47. The minimum absolute atomic E-state index is 0.185. The molecule has 0 amide bonds. The van der Waals surface area contributed by atoms with Gasteiger partial charge >= 0.3 is 0 Å². The molecule has 0 saturated heterocycles. The fraction of sp³-hybridized carbons (Fsp3) is 0.720. The van der Waals surface area contributed by atoms with Crippen molar-refractivity contribution in [2.45, 2.75) is 73.3 Å². The van der Waals surface area contributed by atoms with Crippen molar-refractivity contribution < 1.29 is 9.47 Å². The van der Waals surface area contributed by atoms with Crippen molar-refractivity contribution in [3.63, 3.8) is 0 Å². The molecule has 164 valence electrons. The minimum Gasteiger partial charge on any atom is -0.379 e. The van der Waals surface area contributed by atoms with Gasteiger partial charge in [0, 0.05) is 12.5 Å². The Bertz CT molecular complexity index is 629. The van der Waals surface area contributed by atoms with E-state index >= 15 is 0 Å². The van der Waals surface area contributed by atoms with E-state index in [4.69, 9.17) is 21.1 Å². The third-order valence-corrected chi connectivity index (χ3v) is 6.48. The van der Waals surface area contributed by atoms with Gasteiger partial charge in [-0.2, -0.15) is 5.26 Å². The zero-order valence-corrected chi connectivity index (χ0v) is 20.0. The molecule has 3 nitrogen and oxygen atoms in total. The number of nitrogens with zero attached hydrogens (tertiary/aromatic N) is 1. The SMILES string of the molecule is CCOCCOC(C#N)/C(C)=C/CC1=CC[C@@H](C(C)C)[C@]1(C)CC/C(C)=C/CCl. The van der Waals surface area contributed by atoms with Crippen molar-refractivity contribution in [1.29, 1.82) is 5.26 Å². The Morgan fingerprint density at radius 3 is 2.66 bits per heavy atom. The Morgan fingerprint density at radius 2 is 2.07 bits per heavy atom. The molecule has 3 atom stereocenters. The topological polar surface area (TPSA) is 42.2 Å². The second-order valence-electron chi connectivity index (χ2n) is 8.67. The maximum Gasteiger partial charge on any atom is 0.164 e. The average Bonchev–Trinajstić information content (AvgIpc) is 3.01. The van der Waals surface area contributed by atoms with Crippen molar-refractivity contribution in [2.75, 3.05) is 25.7 Å². The van der Waals surface area contributed by atoms with E-state index < -0.39 is 6.10 Å². The van der Waals surface area contributed by atoms with Crippen molar-refractivity contribution in [1.82, 2.24) is 0 Å². The van der Waals surface area contributed by atoms with Gasteiger partial charge in [-0.05, 0) is 69.3 Å².